The lowest BCUT2D eigenvalue weighted by molar-refractivity contribution is -0.116. The van der Waals surface area contributed by atoms with Gasteiger partial charge >= 0.3 is 0 Å². The fourth-order valence-electron chi connectivity index (χ4n) is 3.16. The molecule has 0 spiro atoms. The van der Waals surface area contributed by atoms with Gasteiger partial charge in [-0.3, -0.25) is 14.7 Å². The van der Waals surface area contributed by atoms with E-state index in [9.17, 15) is 9.18 Å². The maximum atomic E-state index is 13.4. The number of nitrogens with zero attached hydrogens (tertiary/aromatic N) is 2. The number of allylic oxidation sites excluding steroid dienone is 4. The minimum absolute atomic E-state index is 0.138. The number of hydrogen-bond donors (Lipinski definition) is 1. The zero-order valence-corrected chi connectivity index (χ0v) is 17.2. The standard InChI is InChI=1S/C23H23ClFN3O/c1-3-5-16(6-4-2)7-14-22(29)27-23-26-20-13-8-17(24)15-21(20)28(23)19-11-9-18(25)10-12-19/h3,5-6,8-13,15H,4,7,14H2,1-2H3,(H,26,27,29)/b5-3-,16-6+. The van der Waals surface area contributed by atoms with Gasteiger partial charge in [0.05, 0.1) is 11.0 Å². The van der Waals surface area contributed by atoms with Crippen LogP contribution < -0.4 is 5.32 Å². The van der Waals surface area contributed by atoms with Crippen molar-refractivity contribution in [3.05, 3.63) is 77.1 Å². The summed E-state index contributed by atoms with van der Waals surface area (Å²) in [4.78, 5) is 17.1. The second kappa shape index (κ2) is 9.52. The number of hydrogen-bond acceptors (Lipinski definition) is 2. The Hall–Kier alpha value is -2.92. The molecule has 2 aromatic carbocycles. The predicted molar refractivity (Wildman–Crippen MR) is 117 cm³/mol. The number of carbonyl (C=O) groups is 1. The van der Waals surface area contributed by atoms with Crippen LogP contribution in [-0.4, -0.2) is 15.5 Å². The van der Waals surface area contributed by atoms with Crippen LogP contribution in [0.1, 0.15) is 33.1 Å². The number of imidazole rings is 1. The van der Waals surface area contributed by atoms with Gasteiger partial charge in [0.15, 0.2) is 0 Å². The van der Waals surface area contributed by atoms with E-state index in [1.54, 1.807) is 34.9 Å². The maximum absolute atomic E-state index is 13.4. The van der Waals surface area contributed by atoms with E-state index in [0.29, 0.717) is 35.0 Å². The Morgan fingerprint density at radius 3 is 2.66 bits per heavy atom. The van der Waals surface area contributed by atoms with Crippen LogP contribution in [0.5, 0.6) is 0 Å². The van der Waals surface area contributed by atoms with Crippen molar-refractivity contribution >= 4 is 34.5 Å². The van der Waals surface area contributed by atoms with Crippen LogP contribution in [0.25, 0.3) is 16.7 Å². The Morgan fingerprint density at radius 2 is 1.97 bits per heavy atom. The highest BCUT2D eigenvalue weighted by Crippen LogP contribution is 2.27. The van der Waals surface area contributed by atoms with Gasteiger partial charge < -0.3 is 0 Å². The SMILES string of the molecule is C/C=C\C(=C/CC)CCC(=O)Nc1nc2ccc(Cl)cc2n1-c1ccc(F)cc1. The topological polar surface area (TPSA) is 46.9 Å². The number of fused-ring (bicyclic) bond motifs is 1. The van der Waals surface area contributed by atoms with Crippen molar-refractivity contribution in [1.29, 1.82) is 0 Å². The lowest BCUT2D eigenvalue weighted by atomic mass is 10.1. The molecule has 0 aliphatic heterocycles. The largest absolute Gasteiger partial charge is 0.296 e. The summed E-state index contributed by atoms with van der Waals surface area (Å²) in [5.41, 5.74) is 3.24. The molecule has 150 valence electrons. The summed E-state index contributed by atoms with van der Waals surface area (Å²) >= 11 is 6.16. The molecule has 0 aliphatic rings. The van der Waals surface area contributed by atoms with Gasteiger partial charge in [0.1, 0.15) is 5.82 Å². The summed E-state index contributed by atoms with van der Waals surface area (Å²) in [6.07, 6.45) is 8.01. The first-order chi connectivity index (χ1) is 14.0. The number of rotatable bonds is 7. The van der Waals surface area contributed by atoms with Crippen molar-refractivity contribution in [1.82, 2.24) is 9.55 Å². The lowest BCUT2D eigenvalue weighted by Crippen LogP contribution is -2.15. The predicted octanol–water partition coefficient (Wildman–Crippen LogP) is 6.45. The molecular weight excluding hydrogens is 389 g/mol. The van der Waals surface area contributed by atoms with Gasteiger partial charge in [-0.2, -0.15) is 0 Å². The molecule has 4 nitrogen and oxygen atoms in total. The zero-order valence-electron chi connectivity index (χ0n) is 16.5. The Balaban J connectivity index is 1.90. The first kappa shape index (κ1) is 20.8. The highest BCUT2D eigenvalue weighted by atomic mass is 35.5. The van der Waals surface area contributed by atoms with Crippen molar-refractivity contribution in [2.24, 2.45) is 0 Å². The minimum atomic E-state index is -0.332. The number of carbonyl (C=O) groups excluding carboxylic acids is 1. The van der Waals surface area contributed by atoms with E-state index < -0.39 is 0 Å². The van der Waals surface area contributed by atoms with Gasteiger partial charge in [0.25, 0.3) is 0 Å². The molecule has 1 aromatic heterocycles. The normalized spacial score (nSPS) is 12.1. The van der Waals surface area contributed by atoms with Gasteiger partial charge in [-0.1, -0.05) is 42.3 Å². The minimum Gasteiger partial charge on any atom is -0.296 e. The molecule has 0 radical (unpaired) electrons. The molecule has 0 saturated carbocycles. The number of benzene rings is 2. The Labute approximate surface area is 174 Å². The summed E-state index contributed by atoms with van der Waals surface area (Å²) in [5.74, 6) is -0.0896. The van der Waals surface area contributed by atoms with Crippen molar-refractivity contribution in [3.63, 3.8) is 0 Å². The molecule has 29 heavy (non-hydrogen) atoms. The summed E-state index contributed by atoms with van der Waals surface area (Å²) < 4.78 is 15.2. The highest BCUT2D eigenvalue weighted by Gasteiger charge is 2.15. The second-order valence-corrected chi connectivity index (χ2v) is 7.05. The zero-order chi connectivity index (χ0) is 20.8. The van der Waals surface area contributed by atoms with Gasteiger partial charge in [0.2, 0.25) is 11.9 Å². The third-order valence-corrected chi connectivity index (χ3v) is 4.68. The first-order valence-electron chi connectivity index (χ1n) is 9.57. The van der Waals surface area contributed by atoms with E-state index in [-0.39, 0.29) is 11.7 Å². The van der Waals surface area contributed by atoms with Gasteiger partial charge in [-0.15, -0.1) is 0 Å². The van der Waals surface area contributed by atoms with Gasteiger partial charge in [-0.25, -0.2) is 9.37 Å². The van der Waals surface area contributed by atoms with E-state index in [2.05, 4.69) is 23.3 Å². The first-order valence-corrected chi connectivity index (χ1v) is 9.95. The van der Waals surface area contributed by atoms with Crippen molar-refractivity contribution in [3.8, 4) is 5.69 Å². The van der Waals surface area contributed by atoms with E-state index in [4.69, 9.17) is 11.6 Å². The Kier molecular flexibility index (Phi) is 6.83. The fraction of sp³-hybridized carbons (Fsp3) is 0.217. The third-order valence-electron chi connectivity index (χ3n) is 4.44. The number of halogens is 2. The molecule has 3 aromatic rings. The lowest BCUT2D eigenvalue weighted by Gasteiger charge is -2.11. The summed E-state index contributed by atoms with van der Waals surface area (Å²) in [5, 5.41) is 3.45. The van der Waals surface area contributed by atoms with Crippen molar-refractivity contribution < 1.29 is 9.18 Å². The number of nitrogens with one attached hydrogen (secondary N) is 1. The van der Waals surface area contributed by atoms with Gasteiger partial charge in [-0.05, 0) is 62.2 Å². The molecule has 0 fully saturated rings. The molecule has 0 bridgehead atoms. The average molecular weight is 412 g/mol. The van der Waals surface area contributed by atoms with E-state index in [1.807, 2.05) is 19.1 Å². The van der Waals surface area contributed by atoms with Crippen LogP contribution in [-0.2, 0) is 4.79 Å². The number of amides is 1. The highest BCUT2D eigenvalue weighted by molar-refractivity contribution is 6.31. The average Bonchev–Trinajstić information content (AvgIpc) is 3.04. The summed E-state index contributed by atoms with van der Waals surface area (Å²) in [6.45, 7) is 4.03. The summed E-state index contributed by atoms with van der Waals surface area (Å²) in [6, 6.07) is 11.3. The molecule has 0 unspecified atom stereocenters. The molecule has 1 N–H and O–H groups in total. The third kappa shape index (κ3) is 5.12. The molecule has 1 amide bonds. The van der Waals surface area contributed by atoms with Crippen LogP contribution >= 0.6 is 11.6 Å². The van der Waals surface area contributed by atoms with Crippen molar-refractivity contribution in [2.45, 2.75) is 33.1 Å². The van der Waals surface area contributed by atoms with Crippen LogP contribution in [0, 0.1) is 5.82 Å². The molecule has 0 atom stereocenters. The van der Waals surface area contributed by atoms with Gasteiger partial charge in [0, 0.05) is 17.1 Å². The maximum Gasteiger partial charge on any atom is 0.227 e. The van der Waals surface area contributed by atoms with E-state index in [0.717, 1.165) is 17.5 Å². The molecule has 1 heterocycles. The quantitative estimate of drug-likeness (QED) is 0.454. The summed E-state index contributed by atoms with van der Waals surface area (Å²) in [7, 11) is 0. The smallest absolute Gasteiger partial charge is 0.227 e. The second-order valence-electron chi connectivity index (χ2n) is 6.62. The Morgan fingerprint density at radius 1 is 1.21 bits per heavy atom. The number of anilines is 1. The molecular formula is C23H23ClFN3O. The van der Waals surface area contributed by atoms with Crippen LogP contribution in [0.4, 0.5) is 10.3 Å². The monoisotopic (exact) mass is 411 g/mol. The van der Waals surface area contributed by atoms with Crippen molar-refractivity contribution in [2.75, 3.05) is 5.32 Å². The molecule has 6 heteroatoms. The van der Waals surface area contributed by atoms with E-state index >= 15 is 0 Å². The number of aromatic nitrogens is 2. The Bertz CT molecular complexity index is 1070. The van der Waals surface area contributed by atoms with Crippen LogP contribution in [0.15, 0.2) is 66.3 Å². The molecule has 0 aliphatic carbocycles. The molecule has 3 rings (SSSR count). The van der Waals surface area contributed by atoms with Crippen LogP contribution in [0.2, 0.25) is 5.02 Å². The van der Waals surface area contributed by atoms with Crippen LogP contribution in [0.3, 0.4) is 0 Å². The van der Waals surface area contributed by atoms with E-state index in [1.165, 1.54) is 12.1 Å². The fourth-order valence-corrected chi connectivity index (χ4v) is 3.32. The molecule has 0 saturated heterocycles.